The van der Waals surface area contributed by atoms with Gasteiger partial charge in [-0.25, -0.2) is 18.1 Å². The first-order valence-electron chi connectivity index (χ1n) is 4.47. The molecule has 7 heteroatoms. The van der Waals surface area contributed by atoms with Gasteiger partial charge in [-0.3, -0.25) is 0 Å². The Morgan fingerprint density at radius 1 is 1.44 bits per heavy atom. The molecule has 0 saturated carbocycles. The summed E-state index contributed by atoms with van der Waals surface area (Å²) in [5, 5.41) is 4.79. The summed E-state index contributed by atoms with van der Waals surface area (Å²) in [6.45, 7) is 0.251. The molecular formula is C9H10N2O2S3. The second-order valence-electron chi connectivity index (χ2n) is 3.21. The van der Waals surface area contributed by atoms with Crippen molar-refractivity contribution in [2.24, 2.45) is 0 Å². The first-order chi connectivity index (χ1) is 7.54. The molecule has 2 aromatic rings. The van der Waals surface area contributed by atoms with Crippen LogP contribution in [0, 0.1) is 0 Å². The lowest BCUT2D eigenvalue weighted by Crippen LogP contribution is -2.21. The van der Waals surface area contributed by atoms with Crippen LogP contribution < -0.4 is 4.72 Å². The Balaban J connectivity index is 2.09. The van der Waals surface area contributed by atoms with E-state index in [2.05, 4.69) is 9.71 Å². The number of nitrogens with one attached hydrogen (secondary N) is 1. The molecule has 0 fully saturated rings. The van der Waals surface area contributed by atoms with Crippen molar-refractivity contribution in [3.8, 4) is 9.88 Å². The van der Waals surface area contributed by atoms with Gasteiger partial charge in [0.05, 0.1) is 23.4 Å². The van der Waals surface area contributed by atoms with E-state index in [0.717, 1.165) is 21.8 Å². The van der Waals surface area contributed by atoms with Crippen molar-refractivity contribution < 1.29 is 8.42 Å². The number of nitrogens with zero attached hydrogens (tertiary/aromatic N) is 1. The Bertz CT molecular complexity index is 557. The van der Waals surface area contributed by atoms with Crippen molar-refractivity contribution in [1.29, 1.82) is 0 Å². The highest BCUT2D eigenvalue weighted by Crippen LogP contribution is 2.27. The Labute approximate surface area is 102 Å². The summed E-state index contributed by atoms with van der Waals surface area (Å²) in [7, 11) is -3.15. The normalized spacial score (nSPS) is 11.8. The molecule has 0 bridgehead atoms. The molecule has 0 saturated heterocycles. The van der Waals surface area contributed by atoms with Gasteiger partial charge in [0.2, 0.25) is 10.0 Å². The van der Waals surface area contributed by atoms with Crippen LogP contribution in [0.15, 0.2) is 22.9 Å². The fourth-order valence-corrected chi connectivity index (χ4v) is 3.15. The van der Waals surface area contributed by atoms with Crippen LogP contribution in [-0.2, 0) is 16.6 Å². The number of hydrogen-bond donors (Lipinski definition) is 1. The lowest BCUT2D eigenvalue weighted by molar-refractivity contribution is 0.587. The summed E-state index contributed by atoms with van der Waals surface area (Å²) in [5.74, 6) is 0. The maximum Gasteiger partial charge on any atom is 0.209 e. The average Bonchev–Trinajstić information content (AvgIpc) is 2.84. The van der Waals surface area contributed by atoms with E-state index in [4.69, 9.17) is 0 Å². The maximum atomic E-state index is 10.9. The molecular weight excluding hydrogens is 264 g/mol. The molecule has 2 aromatic heterocycles. The van der Waals surface area contributed by atoms with E-state index in [0.29, 0.717) is 0 Å². The van der Waals surface area contributed by atoms with Gasteiger partial charge < -0.3 is 0 Å². The summed E-state index contributed by atoms with van der Waals surface area (Å²) in [6.07, 6.45) is 1.14. The van der Waals surface area contributed by atoms with Gasteiger partial charge in [0.15, 0.2) is 0 Å². The summed E-state index contributed by atoms with van der Waals surface area (Å²) >= 11 is 3.14. The molecule has 0 spiro atoms. The Morgan fingerprint density at radius 2 is 2.25 bits per heavy atom. The van der Waals surface area contributed by atoms with Crippen molar-refractivity contribution in [3.05, 3.63) is 28.6 Å². The molecule has 4 nitrogen and oxygen atoms in total. The molecule has 16 heavy (non-hydrogen) atoms. The van der Waals surface area contributed by atoms with Gasteiger partial charge in [-0.15, -0.1) is 22.7 Å². The zero-order chi connectivity index (χ0) is 11.6. The lowest BCUT2D eigenvalue weighted by atomic mass is 10.4. The smallest absolute Gasteiger partial charge is 0.209 e. The predicted octanol–water partition coefficient (Wildman–Crippen LogP) is 1.92. The minimum atomic E-state index is -3.15. The van der Waals surface area contributed by atoms with Gasteiger partial charge in [0, 0.05) is 5.38 Å². The minimum Gasteiger partial charge on any atom is -0.239 e. The number of rotatable bonds is 4. The number of hydrogen-bond acceptors (Lipinski definition) is 5. The molecule has 0 amide bonds. The average molecular weight is 274 g/mol. The van der Waals surface area contributed by atoms with E-state index in [1.165, 1.54) is 11.3 Å². The quantitative estimate of drug-likeness (QED) is 0.926. The Hall–Kier alpha value is -0.760. The summed E-state index contributed by atoms with van der Waals surface area (Å²) in [5.41, 5.74) is 0.749. The van der Waals surface area contributed by atoms with Crippen LogP contribution >= 0.6 is 22.7 Å². The van der Waals surface area contributed by atoms with E-state index >= 15 is 0 Å². The van der Waals surface area contributed by atoms with E-state index in [9.17, 15) is 8.42 Å². The minimum absolute atomic E-state index is 0.251. The molecule has 0 aliphatic heterocycles. The van der Waals surface area contributed by atoms with Crippen molar-refractivity contribution in [3.63, 3.8) is 0 Å². The van der Waals surface area contributed by atoms with Crippen LogP contribution in [0.5, 0.6) is 0 Å². The first-order valence-corrected chi connectivity index (χ1v) is 8.12. The number of thiophene rings is 1. The molecule has 0 atom stereocenters. The molecule has 0 aliphatic carbocycles. The zero-order valence-corrected chi connectivity index (χ0v) is 11.0. The van der Waals surface area contributed by atoms with Crippen LogP contribution in [0.2, 0.25) is 0 Å². The molecule has 0 aliphatic rings. The topological polar surface area (TPSA) is 59.1 Å². The van der Waals surface area contributed by atoms with Crippen LogP contribution in [-0.4, -0.2) is 19.7 Å². The molecule has 0 aromatic carbocycles. The van der Waals surface area contributed by atoms with Crippen molar-refractivity contribution in [1.82, 2.24) is 9.71 Å². The first kappa shape index (κ1) is 11.7. The van der Waals surface area contributed by atoms with E-state index in [-0.39, 0.29) is 6.54 Å². The maximum absolute atomic E-state index is 10.9. The van der Waals surface area contributed by atoms with Gasteiger partial charge in [0.25, 0.3) is 0 Å². The fraction of sp³-hybridized carbons (Fsp3) is 0.222. The lowest BCUT2D eigenvalue weighted by Gasteiger charge is -1.97. The van der Waals surface area contributed by atoms with Crippen molar-refractivity contribution >= 4 is 32.7 Å². The Kier molecular flexibility index (Phi) is 3.38. The van der Waals surface area contributed by atoms with E-state index in [1.54, 1.807) is 11.3 Å². The third-order valence-electron chi connectivity index (χ3n) is 1.80. The zero-order valence-electron chi connectivity index (χ0n) is 8.50. The van der Waals surface area contributed by atoms with E-state index < -0.39 is 10.0 Å². The monoisotopic (exact) mass is 274 g/mol. The van der Waals surface area contributed by atoms with Crippen molar-refractivity contribution in [2.45, 2.75) is 6.54 Å². The van der Waals surface area contributed by atoms with Gasteiger partial charge >= 0.3 is 0 Å². The Morgan fingerprint density at radius 3 is 2.88 bits per heavy atom. The fourth-order valence-electron chi connectivity index (χ4n) is 1.11. The van der Waals surface area contributed by atoms with Crippen LogP contribution in [0.1, 0.15) is 5.69 Å². The third-order valence-corrected chi connectivity index (χ3v) is 4.40. The standard InChI is InChI=1S/C9H10N2O2S3/c1-16(12,13)10-5-7-6-15-9(11-7)8-3-2-4-14-8/h2-4,6,10H,5H2,1H3. The summed E-state index contributed by atoms with van der Waals surface area (Å²) in [6, 6.07) is 3.97. The SMILES string of the molecule is CS(=O)(=O)NCc1csc(-c2cccs2)n1. The second kappa shape index (κ2) is 4.62. The van der Waals surface area contributed by atoms with Gasteiger partial charge in [0.1, 0.15) is 5.01 Å². The number of aromatic nitrogens is 1. The summed E-state index contributed by atoms with van der Waals surface area (Å²) in [4.78, 5) is 5.46. The van der Waals surface area contributed by atoms with Crippen LogP contribution in [0.4, 0.5) is 0 Å². The third kappa shape index (κ3) is 3.11. The van der Waals surface area contributed by atoms with Gasteiger partial charge in [-0.1, -0.05) is 6.07 Å². The van der Waals surface area contributed by atoms with E-state index in [1.807, 2.05) is 22.9 Å². The predicted molar refractivity (Wildman–Crippen MR) is 67.1 cm³/mol. The van der Waals surface area contributed by atoms with Gasteiger partial charge in [-0.2, -0.15) is 0 Å². The molecule has 0 radical (unpaired) electrons. The molecule has 2 rings (SSSR count). The highest BCUT2D eigenvalue weighted by Gasteiger charge is 2.07. The van der Waals surface area contributed by atoms with Crippen LogP contribution in [0.25, 0.3) is 9.88 Å². The molecule has 2 heterocycles. The summed E-state index contributed by atoms with van der Waals surface area (Å²) < 4.78 is 24.2. The molecule has 86 valence electrons. The number of thiazole rings is 1. The highest BCUT2D eigenvalue weighted by atomic mass is 32.2. The number of sulfonamides is 1. The highest BCUT2D eigenvalue weighted by molar-refractivity contribution is 7.88. The molecule has 1 N–H and O–H groups in total. The largest absolute Gasteiger partial charge is 0.239 e. The van der Waals surface area contributed by atoms with Gasteiger partial charge in [-0.05, 0) is 11.4 Å². The van der Waals surface area contributed by atoms with Crippen LogP contribution in [0.3, 0.4) is 0 Å². The molecule has 0 unspecified atom stereocenters. The second-order valence-corrected chi connectivity index (χ2v) is 6.85. The van der Waals surface area contributed by atoms with Crippen molar-refractivity contribution in [2.75, 3.05) is 6.26 Å².